The van der Waals surface area contributed by atoms with Crippen molar-refractivity contribution < 1.29 is 4.74 Å². The molecule has 0 amide bonds. The minimum absolute atomic E-state index is 0.183. The van der Waals surface area contributed by atoms with Gasteiger partial charge in [0.05, 0.1) is 5.60 Å². The van der Waals surface area contributed by atoms with E-state index in [2.05, 4.69) is 32.9 Å². The first-order chi connectivity index (χ1) is 6.22. The Labute approximate surface area is 82.2 Å². The zero-order valence-electron chi connectivity index (χ0n) is 9.34. The number of ether oxygens (including phenoxy) is 1. The molecule has 0 bridgehead atoms. The highest BCUT2D eigenvalue weighted by molar-refractivity contribution is 5.18. The minimum atomic E-state index is 0.183. The van der Waals surface area contributed by atoms with Gasteiger partial charge in [0.15, 0.2) is 0 Å². The molecule has 1 fully saturated rings. The standard InChI is InChI=1S/C12H22O/c1-5-7-9-12(13-4)10(3)11(12)8-6-2/h6,8,10-11H,5,7,9H2,1-4H3/b8-6+/t10-,11-,12+/m1/s1. The van der Waals surface area contributed by atoms with E-state index >= 15 is 0 Å². The van der Waals surface area contributed by atoms with Crippen molar-refractivity contribution >= 4 is 0 Å². The zero-order valence-corrected chi connectivity index (χ0v) is 9.34. The number of unbranched alkanes of at least 4 members (excludes halogenated alkanes) is 1. The van der Waals surface area contributed by atoms with Gasteiger partial charge in [-0.15, -0.1) is 0 Å². The summed E-state index contributed by atoms with van der Waals surface area (Å²) >= 11 is 0. The fourth-order valence-corrected chi connectivity index (χ4v) is 2.44. The van der Waals surface area contributed by atoms with Gasteiger partial charge in [-0.1, -0.05) is 38.8 Å². The van der Waals surface area contributed by atoms with Crippen LogP contribution in [-0.4, -0.2) is 12.7 Å². The molecule has 0 aliphatic heterocycles. The second-order valence-electron chi connectivity index (χ2n) is 4.10. The molecule has 0 spiro atoms. The van der Waals surface area contributed by atoms with Gasteiger partial charge >= 0.3 is 0 Å². The van der Waals surface area contributed by atoms with Crippen LogP contribution in [0.2, 0.25) is 0 Å². The van der Waals surface area contributed by atoms with E-state index in [9.17, 15) is 0 Å². The van der Waals surface area contributed by atoms with Crippen LogP contribution >= 0.6 is 0 Å². The first-order valence-electron chi connectivity index (χ1n) is 5.41. The Morgan fingerprint density at radius 1 is 1.46 bits per heavy atom. The molecule has 1 saturated carbocycles. The van der Waals surface area contributed by atoms with Gasteiger partial charge in [-0.3, -0.25) is 0 Å². The van der Waals surface area contributed by atoms with E-state index in [1.807, 2.05) is 7.11 Å². The van der Waals surface area contributed by atoms with Crippen molar-refractivity contribution in [2.45, 2.75) is 45.6 Å². The van der Waals surface area contributed by atoms with Crippen LogP contribution in [0, 0.1) is 11.8 Å². The predicted octanol–water partition coefficient (Wildman–Crippen LogP) is 3.40. The normalized spacial score (nSPS) is 38.5. The van der Waals surface area contributed by atoms with Crippen LogP contribution < -0.4 is 0 Å². The quantitative estimate of drug-likeness (QED) is 0.592. The van der Waals surface area contributed by atoms with Crippen LogP contribution in [0.4, 0.5) is 0 Å². The molecule has 3 atom stereocenters. The lowest BCUT2D eigenvalue weighted by molar-refractivity contribution is 0.0513. The molecule has 1 nitrogen and oxygen atoms in total. The highest BCUT2D eigenvalue weighted by Gasteiger charge is 2.60. The molecule has 0 N–H and O–H groups in total. The number of hydrogen-bond acceptors (Lipinski definition) is 1. The maximum absolute atomic E-state index is 5.68. The molecule has 1 rings (SSSR count). The van der Waals surface area contributed by atoms with Gasteiger partial charge < -0.3 is 4.74 Å². The smallest absolute Gasteiger partial charge is 0.0776 e. The van der Waals surface area contributed by atoms with Crippen molar-refractivity contribution in [1.82, 2.24) is 0 Å². The second-order valence-corrected chi connectivity index (χ2v) is 4.10. The molecule has 0 saturated heterocycles. The average Bonchev–Trinajstić information content (AvgIpc) is 2.70. The molecular formula is C12H22O. The predicted molar refractivity (Wildman–Crippen MR) is 56.7 cm³/mol. The lowest BCUT2D eigenvalue weighted by Gasteiger charge is -2.14. The third-order valence-corrected chi connectivity index (χ3v) is 3.47. The van der Waals surface area contributed by atoms with Crippen LogP contribution in [-0.2, 0) is 4.74 Å². The van der Waals surface area contributed by atoms with Crippen molar-refractivity contribution in [2.75, 3.05) is 7.11 Å². The lowest BCUT2D eigenvalue weighted by Crippen LogP contribution is -2.16. The summed E-state index contributed by atoms with van der Waals surface area (Å²) in [6.07, 6.45) is 8.21. The molecule has 0 unspecified atom stereocenters. The SMILES string of the molecule is C/C=C/[C@@H]1[C@@H](C)[C@]1(CCCC)OC. The molecule has 0 aromatic heterocycles. The number of rotatable bonds is 5. The zero-order chi connectivity index (χ0) is 9.90. The summed E-state index contributed by atoms with van der Waals surface area (Å²) in [7, 11) is 1.86. The van der Waals surface area contributed by atoms with Crippen LogP contribution in [0.15, 0.2) is 12.2 Å². The highest BCUT2D eigenvalue weighted by atomic mass is 16.5. The summed E-state index contributed by atoms with van der Waals surface area (Å²) in [6, 6.07) is 0. The fraction of sp³-hybridized carbons (Fsp3) is 0.833. The molecule has 1 aliphatic rings. The summed E-state index contributed by atoms with van der Waals surface area (Å²) in [5.74, 6) is 1.37. The van der Waals surface area contributed by atoms with Crippen molar-refractivity contribution in [3.63, 3.8) is 0 Å². The Hall–Kier alpha value is -0.300. The fourth-order valence-electron chi connectivity index (χ4n) is 2.44. The Bertz CT molecular complexity index is 186. The van der Waals surface area contributed by atoms with Crippen LogP contribution in [0.1, 0.15) is 40.0 Å². The van der Waals surface area contributed by atoms with E-state index < -0.39 is 0 Å². The Morgan fingerprint density at radius 2 is 2.15 bits per heavy atom. The third kappa shape index (κ3) is 1.80. The summed E-state index contributed by atoms with van der Waals surface area (Å²) in [6.45, 7) is 6.62. The molecule has 76 valence electrons. The number of hydrogen-bond donors (Lipinski definition) is 0. The van der Waals surface area contributed by atoms with Gasteiger partial charge in [0, 0.05) is 13.0 Å². The van der Waals surface area contributed by atoms with Crippen molar-refractivity contribution in [3.8, 4) is 0 Å². The van der Waals surface area contributed by atoms with Gasteiger partial charge in [0.25, 0.3) is 0 Å². The largest absolute Gasteiger partial charge is 0.377 e. The Kier molecular flexibility index (Phi) is 3.55. The summed E-state index contributed by atoms with van der Waals surface area (Å²) < 4.78 is 5.68. The van der Waals surface area contributed by atoms with Gasteiger partial charge in [-0.2, -0.15) is 0 Å². The van der Waals surface area contributed by atoms with Gasteiger partial charge in [0.1, 0.15) is 0 Å². The van der Waals surface area contributed by atoms with Crippen LogP contribution in [0.3, 0.4) is 0 Å². The molecule has 13 heavy (non-hydrogen) atoms. The minimum Gasteiger partial charge on any atom is -0.377 e. The second kappa shape index (κ2) is 4.28. The lowest BCUT2D eigenvalue weighted by atomic mass is 10.1. The van der Waals surface area contributed by atoms with E-state index in [0.717, 1.165) is 0 Å². The molecule has 0 aromatic rings. The molecule has 0 aromatic carbocycles. The summed E-state index contributed by atoms with van der Waals surface area (Å²) in [5.41, 5.74) is 0.183. The number of methoxy groups -OCH3 is 1. The van der Waals surface area contributed by atoms with Gasteiger partial charge in [0.2, 0.25) is 0 Å². The van der Waals surface area contributed by atoms with E-state index in [1.54, 1.807) is 0 Å². The first-order valence-corrected chi connectivity index (χ1v) is 5.41. The van der Waals surface area contributed by atoms with E-state index in [0.29, 0.717) is 11.8 Å². The molecular weight excluding hydrogens is 160 g/mol. The van der Waals surface area contributed by atoms with Crippen molar-refractivity contribution in [1.29, 1.82) is 0 Å². The van der Waals surface area contributed by atoms with Crippen LogP contribution in [0.5, 0.6) is 0 Å². The monoisotopic (exact) mass is 182 g/mol. The molecule has 0 radical (unpaired) electrons. The van der Waals surface area contributed by atoms with Crippen LogP contribution in [0.25, 0.3) is 0 Å². The average molecular weight is 182 g/mol. The number of allylic oxidation sites excluding steroid dienone is 1. The molecule has 1 aliphatic carbocycles. The first kappa shape index (κ1) is 10.8. The van der Waals surface area contributed by atoms with Crippen molar-refractivity contribution in [2.24, 2.45) is 11.8 Å². The van der Waals surface area contributed by atoms with Crippen molar-refractivity contribution in [3.05, 3.63) is 12.2 Å². The van der Waals surface area contributed by atoms with E-state index in [4.69, 9.17) is 4.74 Å². The van der Waals surface area contributed by atoms with Gasteiger partial charge in [-0.25, -0.2) is 0 Å². The van der Waals surface area contributed by atoms with Gasteiger partial charge in [-0.05, 0) is 19.3 Å². The maximum atomic E-state index is 5.68. The van der Waals surface area contributed by atoms with E-state index in [-0.39, 0.29) is 5.60 Å². The molecule has 1 heteroatoms. The maximum Gasteiger partial charge on any atom is 0.0776 e. The summed E-state index contributed by atoms with van der Waals surface area (Å²) in [5, 5.41) is 0. The Morgan fingerprint density at radius 3 is 2.62 bits per heavy atom. The third-order valence-electron chi connectivity index (χ3n) is 3.47. The topological polar surface area (TPSA) is 9.23 Å². The summed E-state index contributed by atoms with van der Waals surface area (Å²) in [4.78, 5) is 0. The van der Waals surface area contributed by atoms with E-state index in [1.165, 1.54) is 19.3 Å². The Balaban J connectivity index is 2.53. The molecule has 0 heterocycles. The highest BCUT2D eigenvalue weighted by Crippen LogP contribution is 2.56.